The summed E-state index contributed by atoms with van der Waals surface area (Å²) in [5.74, 6) is 0. The Hall–Kier alpha value is -1.06. The van der Waals surface area contributed by atoms with Crippen molar-refractivity contribution in [3.63, 3.8) is 0 Å². The van der Waals surface area contributed by atoms with Gasteiger partial charge in [-0.1, -0.05) is 32.9 Å². The van der Waals surface area contributed by atoms with Crippen LogP contribution in [0.25, 0.3) is 0 Å². The second-order valence-corrected chi connectivity index (χ2v) is 4.99. The predicted molar refractivity (Wildman–Crippen MR) is 82.5 cm³/mol. The smallest absolute Gasteiger partial charge is 0.0606 e. The Kier molecular flexibility index (Phi) is 6.89. The quantitative estimate of drug-likeness (QED) is 0.758. The Morgan fingerprint density at radius 3 is 2.05 bits per heavy atom. The number of aliphatic hydroxyl groups is 1. The highest BCUT2D eigenvalue weighted by atomic mass is 16.3. The molecule has 1 rings (SSSR count). The minimum Gasteiger partial charge on any atom is -0.395 e. The molecule has 3 heteroatoms. The molecule has 0 saturated heterocycles. The molecule has 3 nitrogen and oxygen atoms in total. The van der Waals surface area contributed by atoms with Crippen LogP contribution in [0.2, 0.25) is 0 Å². The van der Waals surface area contributed by atoms with Crippen LogP contribution in [-0.4, -0.2) is 24.3 Å². The highest BCUT2D eigenvalue weighted by Crippen LogP contribution is 2.23. The zero-order chi connectivity index (χ0) is 14.3. The van der Waals surface area contributed by atoms with Crippen molar-refractivity contribution < 1.29 is 5.11 Å². The Morgan fingerprint density at radius 2 is 1.63 bits per heavy atom. The van der Waals surface area contributed by atoms with Crippen molar-refractivity contribution in [1.82, 2.24) is 0 Å². The van der Waals surface area contributed by atoms with Crippen molar-refractivity contribution in [1.29, 1.82) is 0 Å². The van der Waals surface area contributed by atoms with Gasteiger partial charge in [0.1, 0.15) is 0 Å². The zero-order valence-corrected chi connectivity index (χ0v) is 12.5. The monoisotopic (exact) mass is 264 g/mol. The first-order valence-electron chi connectivity index (χ1n) is 7.40. The molecule has 0 spiro atoms. The number of rotatable bonds is 8. The number of benzene rings is 1. The lowest BCUT2D eigenvalue weighted by Crippen LogP contribution is -2.36. The van der Waals surface area contributed by atoms with Gasteiger partial charge in [0.25, 0.3) is 0 Å². The number of aliphatic hydroxyl groups excluding tert-OH is 1. The number of nitrogens with two attached hydrogens (primary N) is 1. The molecule has 0 bridgehead atoms. The summed E-state index contributed by atoms with van der Waals surface area (Å²) in [4.78, 5) is 2.29. The first-order valence-corrected chi connectivity index (χ1v) is 7.40. The van der Waals surface area contributed by atoms with Gasteiger partial charge in [0, 0.05) is 24.3 Å². The SMILES string of the molecule is CCC(CC)N(CCO)c1ccc([C@@H](N)CC)cc1. The van der Waals surface area contributed by atoms with Gasteiger partial charge in [-0.3, -0.25) is 0 Å². The minimum absolute atomic E-state index is 0.119. The first kappa shape index (κ1) is 16.0. The van der Waals surface area contributed by atoms with Crippen molar-refractivity contribution in [2.75, 3.05) is 18.1 Å². The molecular weight excluding hydrogens is 236 g/mol. The van der Waals surface area contributed by atoms with Gasteiger partial charge in [-0.25, -0.2) is 0 Å². The van der Waals surface area contributed by atoms with E-state index in [0.717, 1.165) is 19.3 Å². The van der Waals surface area contributed by atoms with E-state index in [1.165, 1.54) is 11.3 Å². The fourth-order valence-electron chi connectivity index (χ4n) is 2.51. The average molecular weight is 264 g/mol. The van der Waals surface area contributed by atoms with Crippen LogP contribution in [-0.2, 0) is 0 Å². The minimum atomic E-state index is 0.119. The van der Waals surface area contributed by atoms with Gasteiger partial charge in [0.2, 0.25) is 0 Å². The molecule has 0 aliphatic rings. The fourth-order valence-corrected chi connectivity index (χ4v) is 2.51. The van der Waals surface area contributed by atoms with E-state index in [9.17, 15) is 5.11 Å². The molecule has 0 radical (unpaired) electrons. The fraction of sp³-hybridized carbons (Fsp3) is 0.625. The van der Waals surface area contributed by atoms with Crippen molar-refractivity contribution in [2.24, 2.45) is 5.73 Å². The maximum Gasteiger partial charge on any atom is 0.0606 e. The van der Waals surface area contributed by atoms with E-state index in [0.29, 0.717) is 12.6 Å². The Bertz CT molecular complexity index is 346. The number of anilines is 1. The molecule has 0 aliphatic carbocycles. The molecule has 0 aliphatic heterocycles. The van der Waals surface area contributed by atoms with Gasteiger partial charge in [-0.15, -0.1) is 0 Å². The first-order chi connectivity index (χ1) is 9.17. The summed E-state index contributed by atoms with van der Waals surface area (Å²) in [5.41, 5.74) is 8.39. The van der Waals surface area contributed by atoms with Crippen LogP contribution < -0.4 is 10.6 Å². The van der Waals surface area contributed by atoms with Crippen LogP contribution in [0, 0.1) is 0 Å². The third-order valence-corrected chi connectivity index (χ3v) is 3.82. The van der Waals surface area contributed by atoms with Crippen molar-refractivity contribution in [3.8, 4) is 0 Å². The van der Waals surface area contributed by atoms with E-state index >= 15 is 0 Å². The van der Waals surface area contributed by atoms with Gasteiger partial charge in [-0.05, 0) is 37.0 Å². The van der Waals surface area contributed by atoms with Gasteiger partial charge < -0.3 is 15.7 Å². The maximum absolute atomic E-state index is 9.26. The lowest BCUT2D eigenvalue weighted by atomic mass is 10.0. The van der Waals surface area contributed by atoms with Crippen molar-refractivity contribution in [2.45, 2.75) is 52.1 Å². The molecule has 3 N–H and O–H groups in total. The molecule has 0 saturated carbocycles. The summed E-state index contributed by atoms with van der Waals surface area (Å²) in [7, 11) is 0. The summed E-state index contributed by atoms with van der Waals surface area (Å²) in [6.07, 6.45) is 3.13. The summed E-state index contributed by atoms with van der Waals surface area (Å²) < 4.78 is 0. The van der Waals surface area contributed by atoms with E-state index in [1.807, 2.05) is 0 Å². The molecule has 0 fully saturated rings. The summed E-state index contributed by atoms with van der Waals surface area (Å²) in [6.45, 7) is 7.36. The number of nitrogens with zero attached hydrogens (tertiary/aromatic N) is 1. The van der Waals surface area contributed by atoms with Crippen molar-refractivity contribution >= 4 is 5.69 Å². The molecule has 1 aromatic carbocycles. The van der Waals surface area contributed by atoms with Crippen LogP contribution in [0.1, 0.15) is 51.6 Å². The maximum atomic E-state index is 9.26. The highest BCUT2D eigenvalue weighted by Gasteiger charge is 2.15. The second kappa shape index (κ2) is 8.18. The third-order valence-electron chi connectivity index (χ3n) is 3.82. The standard InChI is InChI=1S/C16H28N2O/c1-4-14(5-2)18(11-12-19)15-9-7-13(8-10-15)16(17)6-3/h7-10,14,16,19H,4-6,11-12,17H2,1-3H3/t16-/m0/s1. The summed E-state index contributed by atoms with van der Waals surface area (Å²) >= 11 is 0. The normalized spacial score (nSPS) is 12.7. The van der Waals surface area contributed by atoms with E-state index in [2.05, 4.69) is 49.9 Å². The molecular formula is C16H28N2O. The average Bonchev–Trinajstić information content (AvgIpc) is 2.47. The third kappa shape index (κ3) is 4.22. The summed E-state index contributed by atoms with van der Waals surface area (Å²) in [6, 6.07) is 9.07. The zero-order valence-electron chi connectivity index (χ0n) is 12.5. The van der Waals surface area contributed by atoms with E-state index in [4.69, 9.17) is 5.73 Å². The molecule has 19 heavy (non-hydrogen) atoms. The Labute approximate surface area is 117 Å². The second-order valence-electron chi connectivity index (χ2n) is 4.99. The Balaban J connectivity index is 2.90. The predicted octanol–water partition coefficient (Wildman–Crippen LogP) is 3.08. The Morgan fingerprint density at radius 1 is 1.05 bits per heavy atom. The highest BCUT2D eigenvalue weighted by molar-refractivity contribution is 5.49. The largest absolute Gasteiger partial charge is 0.395 e. The molecule has 108 valence electrons. The van der Waals surface area contributed by atoms with Crippen LogP contribution in [0.3, 0.4) is 0 Å². The number of hydrogen-bond acceptors (Lipinski definition) is 3. The molecule has 0 amide bonds. The molecule has 1 atom stereocenters. The van der Waals surface area contributed by atoms with Crippen molar-refractivity contribution in [3.05, 3.63) is 29.8 Å². The van der Waals surface area contributed by atoms with Gasteiger partial charge in [0.05, 0.1) is 6.61 Å². The molecule has 0 heterocycles. The van der Waals surface area contributed by atoms with E-state index in [1.54, 1.807) is 0 Å². The lowest BCUT2D eigenvalue weighted by molar-refractivity contribution is 0.296. The van der Waals surface area contributed by atoms with Crippen LogP contribution >= 0.6 is 0 Å². The summed E-state index contributed by atoms with van der Waals surface area (Å²) in [5, 5.41) is 9.26. The van der Waals surface area contributed by atoms with Gasteiger partial charge in [0.15, 0.2) is 0 Å². The van der Waals surface area contributed by atoms with E-state index < -0.39 is 0 Å². The van der Waals surface area contributed by atoms with Crippen LogP contribution in [0.4, 0.5) is 5.69 Å². The molecule has 0 aromatic heterocycles. The van der Waals surface area contributed by atoms with E-state index in [-0.39, 0.29) is 12.6 Å². The van der Waals surface area contributed by atoms with Gasteiger partial charge >= 0.3 is 0 Å². The topological polar surface area (TPSA) is 49.5 Å². The molecule has 1 aromatic rings. The van der Waals surface area contributed by atoms with Crippen LogP contribution in [0.15, 0.2) is 24.3 Å². The number of hydrogen-bond donors (Lipinski definition) is 2. The van der Waals surface area contributed by atoms with Gasteiger partial charge in [-0.2, -0.15) is 0 Å². The molecule has 0 unspecified atom stereocenters. The lowest BCUT2D eigenvalue weighted by Gasteiger charge is -2.32. The van der Waals surface area contributed by atoms with Crippen LogP contribution in [0.5, 0.6) is 0 Å².